The molecule has 4 rings (SSSR count). The highest BCUT2D eigenvalue weighted by Crippen LogP contribution is 2.26. The minimum absolute atomic E-state index is 0.0333. The van der Waals surface area contributed by atoms with Gasteiger partial charge in [0.15, 0.2) is 5.82 Å². The van der Waals surface area contributed by atoms with E-state index >= 15 is 0 Å². The molecule has 3 heterocycles. The highest BCUT2D eigenvalue weighted by Gasteiger charge is 2.22. The molecule has 0 atom stereocenters. The maximum atomic E-state index is 13.0. The summed E-state index contributed by atoms with van der Waals surface area (Å²) in [5.74, 6) is 0.647. The average Bonchev–Trinajstić information content (AvgIpc) is 3.12. The fraction of sp³-hybridized carbons (Fsp3) is 0.474. The number of piperazine rings is 1. The molecule has 0 bridgehead atoms. The lowest BCUT2D eigenvalue weighted by molar-refractivity contribution is 0.0664. The number of fused-ring (bicyclic) bond motifs is 3. The number of benzene rings is 1. The maximum absolute atomic E-state index is 13.0. The van der Waals surface area contributed by atoms with Crippen molar-refractivity contribution in [3.63, 3.8) is 0 Å². The van der Waals surface area contributed by atoms with Crippen LogP contribution >= 0.6 is 0 Å². The first-order valence-corrected chi connectivity index (χ1v) is 9.45. The molecule has 2 aromatic heterocycles. The van der Waals surface area contributed by atoms with Gasteiger partial charge in [0, 0.05) is 37.8 Å². The van der Waals surface area contributed by atoms with Gasteiger partial charge in [-0.15, -0.1) is 5.10 Å². The van der Waals surface area contributed by atoms with Gasteiger partial charge in [-0.05, 0) is 39.1 Å². The predicted octanol–water partition coefficient (Wildman–Crippen LogP) is 1.49. The molecule has 148 valence electrons. The van der Waals surface area contributed by atoms with E-state index in [9.17, 15) is 4.79 Å². The Kier molecular flexibility index (Phi) is 4.76. The summed E-state index contributed by atoms with van der Waals surface area (Å²) >= 11 is 0. The van der Waals surface area contributed by atoms with E-state index in [4.69, 9.17) is 9.72 Å². The lowest BCUT2D eigenvalue weighted by Crippen LogP contribution is -2.47. The summed E-state index contributed by atoms with van der Waals surface area (Å²) < 4.78 is 7.19. The van der Waals surface area contributed by atoms with E-state index in [2.05, 4.69) is 27.5 Å². The normalized spacial score (nSPS) is 15.5. The second kappa shape index (κ2) is 7.23. The van der Waals surface area contributed by atoms with Crippen molar-refractivity contribution in [2.45, 2.75) is 19.9 Å². The molecule has 1 N–H and O–H groups in total. The van der Waals surface area contributed by atoms with Crippen LogP contribution in [0.15, 0.2) is 18.2 Å². The molecule has 0 aliphatic carbocycles. The Morgan fingerprint density at radius 1 is 1.18 bits per heavy atom. The largest absolute Gasteiger partial charge is 0.467 e. The minimum atomic E-state index is 0.0333. The van der Waals surface area contributed by atoms with Crippen molar-refractivity contribution < 1.29 is 9.53 Å². The van der Waals surface area contributed by atoms with Gasteiger partial charge in [0.25, 0.3) is 5.91 Å². The fourth-order valence-corrected chi connectivity index (χ4v) is 3.44. The van der Waals surface area contributed by atoms with Crippen LogP contribution in [0.5, 0.6) is 6.01 Å². The molecule has 0 saturated carbocycles. The van der Waals surface area contributed by atoms with Crippen LogP contribution in [0.25, 0.3) is 16.7 Å². The van der Waals surface area contributed by atoms with Crippen molar-refractivity contribution in [1.82, 2.24) is 29.4 Å². The molecule has 9 nitrogen and oxygen atoms in total. The van der Waals surface area contributed by atoms with E-state index in [0.29, 0.717) is 28.6 Å². The number of aromatic nitrogens is 4. The first kappa shape index (κ1) is 18.4. The topological polar surface area (TPSA) is 87.9 Å². The smallest absolute Gasteiger partial charge is 0.321 e. The highest BCUT2D eigenvalue weighted by atomic mass is 16.5. The van der Waals surface area contributed by atoms with Gasteiger partial charge in [-0.25, -0.2) is 9.38 Å². The van der Waals surface area contributed by atoms with E-state index in [1.54, 1.807) is 7.11 Å². The molecule has 0 radical (unpaired) electrons. The Morgan fingerprint density at radius 3 is 2.61 bits per heavy atom. The lowest BCUT2D eigenvalue weighted by atomic mass is 10.1. The first-order valence-electron chi connectivity index (χ1n) is 9.45. The predicted molar refractivity (Wildman–Crippen MR) is 107 cm³/mol. The molecule has 1 saturated heterocycles. The number of carbonyl (C=O) groups excluding carboxylic acids is 1. The number of hydrogen-bond acceptors (Lipinski definition) is 7. The van der Waals surface area contributed by atoms with Crippen molar-refractivity contribution in [1.29, 1.82) is 0 Å². The summed E-state index contributed by atoms with van der Waals surface area (Å²) in [5.41, 5.74) is 2.71. The number of ether oxygens (including phenoxy) is 1. The van der Waals surface area contributed by atoms with Gasteiger partial charge in [0.1, 0.15) is 0 Å². The summed E-state index contributed by atoms with van der Waals surface area (Å²) in [6.45, 7) is 7.31. The molecule has 3 aromatic rings. The molecule has 1 aromatic carbocycles. The van der Waals surface area contributed by atoms with Gasteiger partial charge in [-0.2, -0.15) is 0 Å². The van der Waals surface area contributed by atoms with E-state index in [1.807, 2.05) is 41.3 Å². The molecule has 1 aliphatic heterocycles. The number of anilines is 1. The van der Waals surface area contributed by atoms with Crippen molar-refractivity contribution in [3.8, 4) is 6.01 Å². The molecule has 1 fully saturated rings. The van der Waals surface area contributed by atoms with Crippen LogP contribution in [0.4, 0.5) is 5.82 Å². The summed E-state index contributed by atoms with van der Waals surface area (Å²) in [4.78, 5) is 21.8. The van der Waals surface area contributed by atoms with Gasteiger partial charge >= 0.3 is 6.01 Å². The van der Waals surface area contributed by atoms with Crippen molar-refractivity contribution >= 4 is 28.4 Å². The van der Waals surface area contributed by atoms with E-state index < -0.39 is 0 Å². The Bertz CT molecular complexity index is 1020. The number of hydrogen-bond donors (Lipinski definition) is 1. The number of likely N-dealkylation sites (N-methyl/N-ethyl adjacent to an activating group) is 1. The Balaban J connectivity index is 1.80. The summed E-state index contributed by atoms with van der Waals surface area (Å²) in [6.07, 6.45) is 0. The van der Waals surface area contributed by atoms with Gasteiger partial charge in [-0.3, -0.25) is 4.79 Å². The highest BCUT2D eigenvalue weighted by molar-refractivity contribution is 5.98. The average molecular weight is 383 g/mol. The Morgan fingerprint density at radius 2 is 1.93 bits per heavy atom. The minimum Gasteiger partial charge on any atom is -0.467 e. The number of nitrogens with one attached hydrogen (secondary N) is 1. The zero-order valence-electron chi connectivity index (χ0n) is 16.6. The van der Waals surface area contributed by atoms with Crippen LogP contribution in [0.2, 0.25) is 0 Å². The zero-order valence-corrected chi connectivity index (χ0v) is 16.6. The number of rotatable bonds is 4. The molecule has 9 heteroatoms. The summed E-state index contributed by atoms with van der Waals surface area (Å²) in [5, 5.41) is 11.6. The van der Waals surface area contributed by atoms with Crippen LogP contribution < -0.4 is 10.1 Å². The van der Waals surface area contributed by atoms with Crippen LogP contribution in [-0.4, -0.2) is 81.7 Å². The monoisotopic (exact) mass is 383 g/mol. The van der Waals surface area contributed by atoms with Crippen molar-refractivity contribution in [3.05, 3.63) is 23.8 Å². The second-order valence-corrected chi connectivity index (χ2v) is 7.40. The zero-order chi connectivity index (χ0) is 19.8. The van der Waals surface area contributed by atoms with Crippen LogP contribution in [0.3, 0.4) is 0 Å². The molecular weight excluding hydrogens is 358 g/mol. The lowest BCUT2D eigenvalue weighted by Gasteiger charge is -2.32. The SMILES string of the molecule is COc1nnc2c(NC(C)C)nc3cc(C(=O)N4CCN(C)CC4)ccc3n12. The Hall–Kier alpha value is -2.94. The number of methoxy groups -OCH3 is 1. The van der Waals surface area contributed by atoms with Gasteiger partial charge in [0.2, 0.25) is 5.65 Å². The van der Waals surface area contributed by atoms with Gasteiger partial charge in [-0.1, -0.05) is 5.10 Å². The van der Waals surface area contributed by atoms with Crippen LogP contribution in [0, 0.1) is 0 Å². The van der Waals surface area contributed by atoms with Crippen LogP contribution in [0.1, 0.15) is 24.2 Å². The van der Waals surface area contributed by atoms with Crippen LogP contribution in [-0.2, 0) is 0 Å². The number of nitrogens with zero attached hydrogens (tertiary/aromatic N) is 6. The quantitative estimate of drug-likeness (QED) is 0.730. The van der Waals surface area contributed by atoms with Gasteiger partial charge in [0.05, 0.1) is 18.1 Å². The van der Waals surface area contributed by atoms with E-state index in [0.717, 1.165) is 31.7 Å². The molecule has 0 unspecified atom stereocenters. The number of amides is 1. The first-order chi connectivity index (χ1) is 13.5. The number of carbonyl (C=O) groups is 1. The molecule has 0 spiro atoms. The fourth-order valence-electron chi connectivity index (χ4n) is 3.44. The summed E-state index contributed by atoms with van der Waals surface area (Å²) in [6, 6.07) is 6.10. The molecule has 1 aliphatic rings. The molecule has 28 heavy (non-hydrogen) atoms. The van der Waals surface area contributed by atoms with Crippen molar-refractivity contribution in [2.24, 2.45) is 0 Å². The van der Waals surface area contributed by atoms with Gasteiger partial charge < -0.3 is 19.9 Å². The van der Waals surface area contributed by atoms with E-state index in [-0.39, 0.29) is 11.9 Å². The molecule has 1 amide bonds. The summed E-state index contributed by atoms with van der Waals surface area (Å²) in [7, 11) is 3.63. The third-order valence-corrected chi connectivity index (χ3v) is 4.94. The standard InChI is InChI=1S/C19H25N7O2/c1-12(2)20-16-17-22-23-19(28-4)26(17)15-6-5-13(11-14(15)21-16)18(27)25-9-7-24(3)8-10-25/h5-6,11-12H,7-10H2,1-4H3,(H,20,21). The third-order valence-electron chi connectivity index (χ3n) is 4.94. The van der Waals surface area contributed by atoms with E-state index in [1.165, 1.54) is 0 Å². The Labute approximate surface area is 163 Å². The van der Waals surface area contributed by atoms with Crippen molar-refractivity contribution in [2.75, 3.05) is 45.7 Å². The third kappa shape index (κ3) is 3.22. The second-order valence-electron chi connectivity index (χ2n) is 7.40. The maximum Gasteiger partial charge on any atom is 0.321 e. The molecular formula is C19H25N7O2.